The second kappa shape index (κ2) is 14.5. The molecule has 5 heterocycles. The molecule has 2 amide bonds. The third kappa shape index (κ3) is 7.04. The maximum absolute atomic E-state index is 13.4. The Morgan fingerprint density at radius 3 is 2.80 bits per heavy atom. The number of carbonyl (C=O) groups excluding carboxylic acids is 2. The van der Waals surface area contributed by atoms with Crippen molar-refractivity contribution in [1.82, 2.24) is 15.4 Å². The van der Waals surface area contributed by atoms with Gasteiger partial charge in [0, 0.05) is 36.0 Å². The quantitative estimate of drug-likeness (QED) is 0.0598. The number of fused-ring (bicyclic) bond motifs is 2. The van der Waals surface area contributed by atoms with Gasteiger partial charge in [-0.3, -0.25) is 14.5 Å². The van der Waals surface area contributed by atoms with Crippen molar-refractivity contribution in [2.24, 2.45) is 22.5 Å². The summed E-state index contributed by atoms with van der Waals surface area (Å²) in [6, 6.07) is 9.57. The number of nitrogens with two attached hydrogens (primary N) is 3. The molecule has 0 spiro atoms. The Bertz CT molecular complexity index is 1740. The number of pyridine rings is 1. The Kier molecular flexibility index (Phi) is 10.3. The van der Waals surface area contributed by atoms with Gasteiger partial charge in [0.1, 0.15) is 23.6 Å². The molecule has 4 atom stereocenters. The van der Waals surface area contributed by atoms with E-state index in [0.717, 1.165) is 70.7 Å². The van der Waals surface area contributed by atoms with Crippen LogP contribution in [0.1, 0.15) is 38.4 Å². The molecule has 1 aromatic carbocycles. The van der Waals surface area contributed by atoms with E-state index in [1.807, 2.05) is 13.0 Å². The third-order valence-corrected chi connectivity index (χ3v) is 10.1. The molecule has 4 unspecified atom stereocenters. The summed E-state index contributed by atoms with van der Waals surface area (Å²) in [5.74, 6) is 1.09. The summed E-state index contributed by atoms with van der Waals surface area (Å²) in [5, 5.41) is 9.69. The van der Waals surface area contributed by atoms with Gasteiger partial charge >= 0.3 is 0 Å². The second-order valence-corrected chi connectivity index (χ2v) is 14.1. The maximum Gasteiger partial charge on any atom is 0.276 e. The summed E-state index contributed by atoms with van der Waals surface area (Å²) in [5.41, 5.74) is 20.2. The van der Waals surface area contributed by atoms with Gasteiger partial charge in [-0.25, -0.2) is 9.55 Å². The molecule has 49 heavy (non-hydrogen) atoms. The van der Waals surface area contributed by atoms with E-state index in [4.69, 9.17) is 35.6 Å². The van der Waals surface area contributed by atoms with Crippen LogP contribution in [0, 0.1) is 5.92 Å². The summed E-state index contributed by atoms with van der Waals surface area (Å²) >= 11 is 1.20. The summed E-state index contributed by atoms with van der Waals surface area (Å²) in [6.07, 6.45) is 2.77. The summed E-state index contributed by atoms with van der Waals surface area (Å²) in [6.45, 7) is 8.97. The number of rotatable bonds is 12. The van der Waals surface area contributed by atoms with E-state index in [2.05, 4.69) is 55.4 Å². The molecule has 0 aliphatic carbocycles. The van der Waals surface area contributed by atoms with Gasteiger partial charge in [-0.1, -0.05) is 11.2 Å². The first-order chi connectivity index (χ1) is 23.5. The zero-order chi connectivity index (χ0) is 34.9. The number of nitrogens with one attached hydrogen (secondary N) is 1. The standard InChI is InChI=1S/C32H41N9O6S2/c1-18(46-38-27(23-17-48-31(35)36-23)29(42)37-28-30(43)41(47-49-44)32(28,2)3)24-7-5-21-12-20(4-8-25(21)45-24)22-6-9-26-39(11-10-33)14-19(13-34)15-40(26)16-22/h4,6,8-9,12,16-19,24,28H,5,7,10-11,13-15,33-34H2,1-3H3,(H3-,35,36,37,42,44)/p+1/b38-27-. The van der Waals surface area contributed by atoms with Gasteiger partial charge in [0.25, 0.3) is 17.6 Å². The summed E-state index contributed by atoms with van der Waals surface area (Å²) in [4.78, 5) is 38.3. The zero-order valence-corrected chi connectivity index (χ0v) is 29.2. The molecular weight excluding hydrogens is 671 g/mol. The van der Waals surface area contributed by atoms with Crippen LogP contribution >= 0.6 is 23.7 Å². The molecule has 0 saturated carbocycles. The van der Waals surface area contributed by atoms with Crippen LogP contribution in [0.15, 0.2) is 47.1 Å². The molecule has 0 radical (unpaired) electrons. The molecule has 2 aromatic heterocycles. The molecule has 3 aliphatic rings. The fraction of sp³-hybridized carbons (Fsp3) is 0.469. The van der Waals surface area contributed by atoms with Crippen molar-refractivity contribution in [3.63, 3.8) is 0 Å². The topological polar surface area (TPSA) is 208 Å². The van der Waals surface area contributed by atoms with Gasteiger partial charge in [-0.15, -0.1) is 11.3 Å². The number of amides is 2. The van der Waals surface area contributed by atoms with Crippen LogP contribution in [0.3, 0.4) is 0 Å². The first-order valence-corrected chi connectivity index (χ1v) is 17.7. The number of hydrogen-bond acceptors (Lipinski definition) is 14. The largest absolute Gasteiger partial charge is 0.486 e. The molecular formula is C32H42N9O6S2+. The average molecular weight is 713 g/mol. The van der Waals surface area contributed by atoms with E-state index in [1.165, 1.54) is 0 Å². The van der Waals surface area contributed by atoms with Crippen LogP contribution in [0.4, 0.5) is 10.9 Å². The Balaban J connectivity index is 1.14. The first-order valence-electron chi connectivity index (χ1n) is 16.1. The number of nitrogens with zero attached hydrogens (tertiary/aromatic N) is 5. The van der Waals surface area contributed by atoms with Gasteiger partial charge < -0.3 is 36.6 Å². The molecule has 1 fully saturated rings. The highest BCUT2D eigenvalue weighted by molar-refractivity contribution is 7.88. The number of carbonyl (C=O) groups is 2. The number of hydrogen-bond donors (Lipinski definition) is 5. The van der Waals surface area contributed by atoms with Crippen molar-refractivity contribution in [3.05, 3.63) is 53.2 Å². The van der Waals surface area contributed by atoms with Crippen molar-refractivity contribution >= 4 is 52.1 Å². The fourth-order valence-electron chi connectivity index (χ4n) is 6.48. The predicted molar refractivity (Wildman–Crippen MR) is 186 cm³/mol. The Morgan fingerprint density at radius 2 is 2.10 bits per heavy atom. The van der Waals surface area contributed by atoms with Gasteiger partial charge in [0.15, 0.2) is 29.3 Å². The molecule has 6 rings (SSSR count). The van der Waals surface area contributed by atoms with E-state index in [-0.39, 0.29) is 35.0 Å². The number of nitrogen functional groups attached to an aromatic ring is 1. The van der Waals surface area contributed by atoms with Crippen LogP contribution in [0.5, 0.6) is 5.75 Å². The van der Waals surface area contributed by atoms with Crippen LogP contribution in [0.2, 0.25) is 0 Å². The lowest BCUT2D eigenvalue weighted by Gasteiger charge is -2.50. The average Bonchev–Trinajstić information content (AvgIpc) is 3.53. The van der Waals surface area contributed by atoms with E-state index >= 15 is 0 Å². The van der Waals surface area contributed by atoms with E-state index in [0.29, 0.717) is 25.4 Å². The number of aryl methyl sites for hydroxylation is 1. The molecule has 8 N–H and O–H groups in total. The normalized spacial score (nSPS) is 22.0. The van der Waals surface area contributed by atoms with Crippen LogP contribution in [-0.4, -0.2) is 82.1 Å². The zero-order valence-electron chi connectivity index (χ0n) is 27.6. The first kappa shape index (κ1) is 34.8. The highest BCUT2D eigenvalue weighted by Crippen LogP contribution is 2.35. The molecule has 3 aliphatic heterocycles. The highest BCUT2D eigenvalue weighted by Gasteiger charge is 2.57. The van der Waals surface area contributed by atoms with Crippen molar-refractivity contribution in [3.8, 4) is 16.9 Å². The van der Waals surface area contributed by atoms with E-state index in [1.54, 1.807) is 19.2 Å². The van der Waals surface area contributed by atoms with Crippen molar-refractivity contribution < 1.29 is 32.6 Å². The minimum Gasteiger partial charge on any atom is -0.486 e. The monoisotopic (exact) mass is 712 g/mol. The Hall–Kier alpha value is -4.00. The van der Waals surface area contributed by atoms with Gasteiger partial charge in [0.05, 0.1) is 31.4 Å². The Labute approximate surface area is 292 Å². The Morgan fingerprint density at radius 1 is 1.31 bits per heavy atom. The lowest BCUT2D eigenvalue weighted by molar-refractivity contribution is -0.694. The van der Waals surface area contributed by atoms with Crippen molar-refractivity contribution in [1.29, 1.82) is 0 Å². The van der Waals surface area contributed by atoms with Gasteiger partial charge in [0.2, 0.25) is 0 Å². The predicted octanol–water partition coefficient (Wildman–Crippen LogP) is 1.69. The number of anilines is 2. The van der Waals surface area contributed by atoms with Crippen LogP contribution in [0.25, 0.3) is 11.1 Å². The number of β-lactam (4-membered cyclic amide) rings is 1. The molecule has 17 heteroatoms. The lowest BCUT2D eigenvalue weighted by atomic mass is 9.84. The molecule has 1 saturated heterocycles. The minimum absolute atomic E-state index is 0.0503. The number of oxime groups is 1. The van der Waals surface area contributed by atoms with E-state index in [9.17, 15) is 9.59 Å². The third-order valence-electron chi connectivity index (χ3n) is 9.24. The maximum atomic E-state index is 13.4. The van der Waals surface area contributed by atoms with Gasteiger partial charge in [-0.2, -0.15) is 9.35 Å². The second-order valence-electron chi connectivity index (χ2n) is 12.9. The molecule has 15 nitrogen and oxygen atoms in total. The number of hydroxylamine groups is 2. The number of ether oxygens (including phenoxy) is 1. The van der Waals surface area contributed by atoms with Crippen molar-refractivity contribution in [2.75, 3.05) is 36.8 Å². The van der Waals surface area contributed by atoms with Gasteiger partial charge in [-0.05, 0) is 62.9 Å². The number of thiazole rings is 1. The van der Waals surface area contributed by atoms with Crippen LogP contribution in [-0.2, 0) is 31.7 Å². The smallest absolute Gasteiger partial charge is 0.276 e. The molecule has 262 valence electrons. The SMILES string of the molecule is CC(O/N=C(\C(=O)NC1C(=O)N(OSO)C1(C)C)c1csc(N)n1)C1CCc2cc(-c3ccc4[n+](c3)CC(CN)CN4CCN)ccc2O1. The molecule has 3 aromatic rings. The summed E-state index contributed by atoms with van der Waals surface area (Å²) in [7, 11) is 0. The lowest BCUT2D eigenvalue weighted by Crippen LogP contribution is -2.76. The van der Waals surface area contributed by atoms with Crippen LogP contribution < -0.4 is 36.7 Å². The minimum atomic E-state index is -0.928. The summed E-state index contributed by atoms with van der Waals surface area (Å²) < 4.78 is 22.6. The van der Waals surface area contributed by atoms with Crippen molar-refractivity contribution in [2.45, 2.75) is 63.9 Å². The number of aromatic nitrogens is 2. The fourth-order valence-corrected chi connectivity index (χ4v) is 7.36. The molecule has 0 bridgehead atoms. The highest BCUT2D eigenvalue weighted by atomic mass is 32.2. The van der Waals surface area contributed by atoms with E-state index < -0.39 is 29.5 Å². The number of benzene rings is 1.